The highest BCUT2D eigenvalue weighted by Crippen LogP contribution is 2.38. The van der Waals surface area contributed by atoms with Gasteiger partial charge in [0.1, 0.15) is 0 Å². The fraction of sp³-hybridized carbons (Fsp3) is 0.812. The highest BCUT2D eigenvalue weighted by molar-refractivity contribution is 7.09. The van der Waals surface area contributed by atoms with Crippen molar-refractivity contribution in [2.24, 2.45) is 5.92 Å². The van der Waals surface area contributed by atoms with Crippen molar-refractivity contribution in [1.82, 2.24) is 15.2 Å². The second-order valence-corrected chi connectivity index (χ2v) is 7.77. The Labute approximate surface area is 127 Å². The molecule has 0 aromatic carbocycles. The molecule has 114 valence electrons. The van der Waals surface area contributed by atoms with Gasteiger partial charge in [-0.15, -0.1) is 11.3 Å². The van der Waals surface area contributed by atoms with E-state index in [-0.39, 0.29) is 5.41 Å². The lowest BCUT2D eigenvalue weighted by Crippen LogP contribution is -2.30. The Morgan fingerprint density at radius 2 is 2.20 bits per heavy atom. The second kappa shape index (κ2) is 6.54. The molecular formula is C16H29N3S. The van der Waals surface area contributed by atoms with Crippen LogP contribution in [0.25, 0.3) is 0 Å². The summed E-state index contributed by atoms with van der Waals surface area (Å²) in [5.41, 5.74) is 1.46. The van der Waals surface area contributed by atoms with E-state index in [9.17, 15) is 0 Å². The Morgan fingerprint density at radius 3 is 2.75 bits per heavy atom. The standard InChI is InChI=1S/C16H29N3S/c1-6-8-19-9-7-12(10-17-5)14(19)13-11-20-15(18-13)16(2,3)4/h11-12,14,17H,6-10H2,1-5H3. The number of aromatic nitrogens is 1. The molecule has 2 unspecified atom stereocenters. The van der Waals surface area contributed by atoms with Crippen LogP contribution in [0.1, 0.15) is 57.3 Å². The third-order valence-corrected chi connectivity index (χ3v) is 5.36. The molecular weight excluding hydrogens is 266 g/mol. The van der Waals surface area contributed by atoms with Crippen molar-refractivity contribution >= 4 is 11.3 Å². The summed E-state index contributed by atoms with van der Waals surface area (Å²) in [5, 5.41) is 6.91. The van der Waals surface area contributed by atoms with E-state index in [1.807, 2.05) is 11.3 Å². The number of thiazole rings is 1. The zero-order valence-electron chi connectivity index (χ0n) is 13.6. The van der Waals surface area contributed by atoms with Crippen molar-refractivity contribution in [3.63, 3.8) is 0 Å². The van der Waals surface area contributed by atoms with Gasteiger partial charge in [0.2, 0.25) is 0 Å². The van der Waals surface area contributed by atoms with Crippen LogP contribution in [-0.2, 0) is 5.41 Å². The van der Waals surface area contributed by atoms with Crippen LogP contribution in [0.2, 0.25) is 0 Å². The van der Waals surface area contributed by atoms with Gasteiger partial charge < -0.3 is 5.32 Å². The van der Waals surface area contributed by atoms with Crippen LogP contribution in [0, 0.1) is 5.92 Å². The molecule has 1 fully saturated rings. The first-order chi connectivity index (χ1) is 9.47. The summed E-state index contributed by atoms with van der Waals surface area (Å²) in [4.78, 5) is 7.61. The molecule has 0 saturated carbocycles. The Kier molecular flexibility index (Phi) is 5.21. The summed E-state index contributed by atoms with van der Waals surface area (Å²) < 4.78 is 0. The van der Waals surface area contributed by atoms with Crippen molar-refractivity contribution in [2.75, 3.05) is 26.7 Å². The molecule has 0 radical (unpaired) electrons. The van der Waals surface area contributed by atoms with Crippen LogP contribution in [0.5, 0.6) is 0 Å². The van der Waals surface area contributed by atoms with Gasteiger partial charge in [0.25, 0.3) is 0 Å². The van der Waals surface area contributed by atoms with Gasteiger partial charge in [-0.05, 0) is 45.4 Å². The quantitative estimate of drug-likeness (QED) is 0.902. The largest absolute Gasteiger partial charge is 0.319 e. The van der Waals surface area contributed by atoms with Gasteiger partial charge in [0.05, 0.1) is 16.7 Å². The summed E-state index contributed by atoms with van der Waals surface area (Å²) in [6, 6.07) is 0.509. The van der Waals surface area contributed by atoms with Gasteiger partial charge in [-0.25, -0.2) is 4.98 Å². The molecule has 0 aliphatic carbocycles. The van der Waals surface area contributed by atoms with E-state index in [4.69, 9.17) is 4.98 Å². The van der Waals surface area contributed by atoms with Gasteiger partial charge >= 0.3 is 0 Å². The molecule has 2 heterocycles. The average molecular weight is 295 g/mol. The van der Waals surface area contributed by atoms with Crippen molar-refractivity contribution in [3.8, 4) is 0 Å². The number of hydrogen-bond donors (Lipinski definition) is 1. The van der Waals surface area contributed by atoms with Crippen LogP contribution in [0.3, 0.4) is 0 Å². The number of likely N-dealkylation sites (tertiary alicyclic amines) is 1. The number of rotatable bonds is 5. The van der Waals surface area contributed by atoms with Gasteiger partial charge in [-0.3, -0.25) is 4.90 Å². The minimum absolute atomic E-state index is 0.162. The van der Waals surface area contributed by atoms with Crippen LogP contribution >= 0.6 is 11.3 Å². The maximum absolute atomic E-state index is 4.98. The maximum Gasteiger partial charge on any atom is 0.0982 e. The van der Waals surface area contributed by atoms with Gasteiger partial charge in [0, 0.05) is 10.8 Å². The van der Waals surface area contributed by atoms with Gasteiger partial charge in [-0.1, -0.05) is 27.7 Å². The van der Waals surface area contributed by atoms with E-state index in [0.717, 1.165) is 6.54 Å². The third kappa shape index (κ3) is 3.41. The molecule has 1 aliphatic rings. The minimum Gasteiger partial charge on any atom is -0.319 e. The molecule has 1 saturated heterocycles. The second-order valence-electron chi connectivity index (χ2n) is 6.91. The molecule has 1 aromatic rings. The molecule has 2 rings (SSSR count). The number of nitrogens with one attached hydrogen (secondary N) is 1. The number of hydrogen-bond acceptors (Lipinski definition) is 4. The summed E-state index contributed by atoms with van der Waals surface area (Å²) in [6.07, 6.45) is 2.51. The van der Waals surface area contributed by atoms with Crippen LogP contribution in [-0.4, -0.2) is 36.6 Å². The minimum atomic E-state index is 0.162. The van der Waals surface area contributed by atoms with Crippen LogP contribution in [0.4, 0.5) is 0 Å². The first-order valence-electron chi connectivity index (χ1n) is 7.82. The predicted octanol–water partition coefficient (Wildman–Crippen LogP) is 3.43. The maximum atomic E-state index is 4.98. The molecule has 20 heavy (non-hydrogen) atoms. The van der Waals surface area contributed by atoms with E-state index in [1.165, 1.54) is 36.6 Å². The Balaban J connectivity index is 2.22. The smallest absolute Gasteiger partial charge is 0.0982 e. The molecule has 4 heteroatoms. The molecule has 0 amide bonds. The predicted molar refractivity (Wildman–Crippen MR) is 87.5 cm³/mol. The highest BCUT2D eigenvalue weighted by Gasteiger charge is 2.36. The zero-order valence-corrected chi connectivity index (χ0v) is 14.4. The molecule has 0 bridgehead atoms. The Hall–Kier alpha value is -0.450. The lowest BCUT2D eigenvalue weighted by Gasteiger charge is -2.26. The van der Waals surface area contributed by atoms with E-state index < -0.39 is 0 Å². The van der Waals surface area contributed by atoms with Crippen LogP contribution < -0.4 is 5.32 Å². The zero-order chi connectivity index (χ0) is 14.8. The van der Waals surface area contributed by atoms with Crippen molar-refractivity contribution < 1.29 is 0 Å². The monoisotopic (exact) mass is 295 g/mol. The van der Waals surface area contributed by atoms with Crippen LogP contribution in [0.15, 0.2) is 5.38 Å². The van der Waals surface area contributed by atoms with E-state index >= 15 is 0 Å². The first kappa shape index (κ1) is 15.9. The van der Waals surface area contributed by atoms with Gasteiger partial charge in [-0.2, -0.15) is 0 Å². The molecule has 1 aromatic heterocycles. The molecule has 0 spiro atoms. The summed E-state index contributed by atoms with van der Waals surface area (Å²) in [5.74, 6) is 0.696. The normalized spacial score (nSPS) is 24.4. The fourth-order valence-electron chi connectivity index (χ4n) is 3.14. The number of nitrogens with zero attached hydrogens (tertiary/aromatic N) is 2. The fourth-order valence-corrected chi connectivity index (χ4v) is 4.07. The third-order valence-electron chi connectivity index (χ3n) is 4.07. The van der Waals surface area contributed by atoms with E-state index in [0.29, 0.717) is 12.0 Å². The SMILES string of the molecule is CCCN1CCC(CNC)C1c1csc(C(C)(C)C)n1. The summed E-state index contributed by atoms with van der Waals surface area (Å²) in [7, 11) is 2.06. The van der Waals surface area contributed by atoms with Crippen molar-refractivity contribution in [3.05, 3.63) is 16.1 Å². The molecule has 1 N–H and O–H groups in total. The molecule has 3 nitrogen and oxygen atoms in total. The Morgan fingerprint density at radius 1 is 1.45 bits per heavy atom. The molecule has 2 atom stereocenters. The molecule has 1 aliphatic heterocycles. The topological polar surface area (TPSA) is 28.2 Å². The summed E-state index contributed by atoms with van der Waals surface area (Å²) in [6.45, 7) is 12.5. The van der Waals surface area contributed by atoms with Gasteiger partial charge in [0.15, 0.2) is 0 Å². The van der Waals surface area contributed by atoms with E-state index in [2.05, 4.69) is 50.3 Å². The highest BCUT2D eigenvalue weighted by atomic mass is 32.1. The summed E-state index contributed by atoms with van der Waals surface area (Å²) >= 11 is 1.83. The van der Waals surface area contributed by atoms with Crippen molar-refractivity contribution in [2.45, 2.75) is 52.0 Å². The first-order valence-corrected chi connectivity index (χ1v) is 8.70. The van der Waals surface area contributed by atoms with E-state index in [1.54, 1.807) is 0 Å². The van der Waals surface area contributed by atoms with Crippen molar-refractivity contribution in [1.29, 1.82) is 0 Å². The lowest BCUT2D eigenvalue weighted by molar-refractivity contribution is 0.223. The average Bonchev–Trinajstić information content (AvgIpc) is 2.96. The Bertz CT molecular complexity index is 408. The lowest BCUT2D eigenvalue weighted by atomic mass is 9.96.